The summed E-state index contributed by atoms with van der Waals surface area (Å²) in [5.74, 6) is 0.531. The van der Waals surface area contributed by atoms with Gasteiger partial charge in [-0.15, -0.1) is 11.3 Å². The molecule has 0 saturated carbocycles. The van der Waals surface area contributed by atoms with Gasteiger partial charge < -0.3 is 20.3 Å². The zero-order valence-electron chi connectivity index (χ0n) is 17.8. The first kappa shape index (κ1) is 22.2. The van der Waals surface area contributed by atoms with Crippen LogP contribution >= 0.6 is 11.3 Å². The number of nitrogens with one attached hydrogen (secondary N) is 2. The molecule has 0 bridgehead atoms. The van der Waals surface area contributed by atoms with E-state index in [1.165, 1.54) is 0 Å². The predicted octanol–water partition coefficient (Wildman–Crippen LogP) is 2.19. The quantitative estimate of drug-likeness (QED) is 0.497. The van der Waals surface area contributed by atoms with Crippen LogP contribution in [0.15, 0.2) is 40.7 Å². The van der Waals surface area contributed by atoms with Gasteiger partial charge in [-0.1, -0.05) is 30.3 Å². The van der Waals surface area contributed by atoms with Gasteiger partial charge in [-0.05, 0) is 19.4 Å². The Morgan fingerprint density at radius 1 is 1.27 bits per heavy atom. The number of benzene rings is 1. The minimum absolute atomic E-state index is 0.113. The van der Waals surface area contributed by atoms with Gasteiger partial charge >= 0.3 is 0 Å². The third kappa shape index (κ3) is 6.53. The van der Waals surface area contributed by atoms with Crippen LogP contribution in [0.2, 0.25) is 0 Å². The molecule has 1 amide bonds. The molecule has 3 rings (SSSR count). The van der Waals surface area contributed by atoms with Gasteiger partial charge in [0.2, 0.25) is 5.91 Å². The van der Waals surface area contributed by atoms with E-state index < -0.39 is 0 Å². The normalized spacial score (nSPS) is 15.7. The molecule has 2 aromatic rings. The van der Waals surface area contributed by atoms with Gasteiger partial charge in [-0.25, -0.2) is 4.98 Å². The van der Waals surface area contributed by atoms with Crippen molar-refractivity contribution in [3.05, 3.63) is 52.0 Å². The molecule has 2 heterocycles. The Morgan fingerprint density at radius 2 is 2.03 bits per heavy atom. The summed E-state index contributed by atoms with van der Waals surface area (Å²) in [7, 11) is 0. The van der Waals surface area contributed by atoms with Crippen LogP contribution in [0.3, 0.4) is 0 Å². The number of ether oxygens (including phenoxy) is 1. The zero-order chi connectivity index (χ0) is 21.2. The van der Waals surface area contributed by atoms with Gasteiger partial charge in [0.15, 0.2) is 5.96 Å². The molecule has 1 atom stereocenters. The summed E-state index contributed by atoms with van der Waals surface area (Å²) >= 11 is 1.67. The Balaban J connectivity index is 1.66. The predicted molar refractivity (Wildman–Crippen MR) is 121 cm³/mol. The van der Waals surface area contributed by atoms with Crippen molar-refractivity contribution < 1.29 is 9.53 Å². The van der Waals surface area contributed by atoms with Crippen LogP contribution in [-0.4, -0.2) is 67.7 Å². The summed E-state index contributed by atoms with van der Waals surface area (Å²) < 4.78 is 5.40. The number of hydrogen-bond acceptors (Lipinski definition) is 5. The molecule has 1 unspecified atom stereocenters. The standard InChI is InChI=1S/C22H31N5O2S/c1-3-23-22(24-10-9-19-16-30-17(2)26-19)25-15-20(18-7-5-4-6-8-18)21(28)27-11-13-29-14-12-27/h4-8,16,20H,3,9-15H2,1-2H3,(H2,23,24,25). The van der Waals surface area contributed by atoms with Crippen LogP contribution in [0, 0.1) is 6.92 Å². The van der Waals surface area contributed by atoms with Crippen molar-refractivity contribution in [2.75, 3.05) is 45.9 Å². The summed E-state index contributed by atoms with van der Waals surface area (Å²) in [6.07, 6.45) is 0.837. The Kier molecular flexibility index (Phi) is 8.65. The molecular formula is C22H31N5O2S. The minimum atomic E-state index is -0.305. The number of aromatic nitrogens is 1. The van der Waals surface area contributed by atoms with E-state index in [4.69, 9.17) is 9.73 Å². The molecule has 1 aliphatic heterocycles. The number of thiazole rings is 1. The second-order valence-electron chi connectivity index (χ2n) is 7.16. The molecule has 8 heteroatoms. The molecule has 0 aliphatic carbocycles. The fraction of sp³-hybridized carbons (Fsp3) is 0.500. The van der Waals surface area contributed by atoms with E-state index in [1.807, 2.05) is 49.1 Å². The number of amides is 1. The molecule has 1 aromatic carbocycles. The lowest BCUT2D eigenvalue weighted by molar-refractivity contribution is -0.136. The second kappa shape index (κ2) is 11.7. The Morgan fingerprint density at radius 3 is 2.70 bits per heavy atom. The lowest BCUT2D eigenvalue weighted by Gasteiger charge is -2.30. The number of nitrogens with zero attached hydrogens (tertiary/aromatic N) is 3. The summed E-state index contributed by atoms with van der Waals surface area (Å²) in [6, 6.07) is 9.91. The summed E-state index contributed by atoms with van der Waals surface area (Å²) in [4.78, 5) is 24.4. The van der Waals surface area contributed by atoms with E-state index in [2.05, 4.69) is 21.0 Å². The Bertz CT molecular complexity index is 818. The summed E-state index contributed by atoms with van der Waals surface area (Å²) in [5.41, 5.74) is 2.08. The SMILES string of the molecule is CCNC(=NCC(C(=O)N1CCOCC1)c1ccccc1)NCCc1csc(C)n1. The van der Waals surface area contributed by atoms with E-state index in [0.29, 0.717) is 32.8 Å². The van der Waals surface area contributed by atoms with Crippen molar-refractivity contribution in [3.8, 4) is 0 Å². The molecule has 30 heavy (non-hydrogen) atoms. The number of rotatable bonds is 8. The van der Waals surface area contributed by atoms with Gasteiger partial charge in [-0.3, -0.25) is 9.79 Å². The van der Waals surface area contributed by atoms with E-state index in [9.17, 15) is 4.79 Å². The van der Waals surface area contributed by atoms with Gasteiger partial charge in [0.05, 0.1) is 36.4 Å². The lowest BCUT2D eigenvalue weighted by Crippen LogP contribution is -2.44. The van der Waals surface area contributed by atoms with Crippen molar-refractivity contribution in [2.24, 2.45) is 4.99 Å². The summed E-state index contributed by atoms with van der Waals surface area (Å²) in [5, 5.41) is 9.81. The number of carbonyl (C=O) groups excluding carboxylic acids is 1. The number of carbonyl (C=O) groups is 1. The first-order valence-corrected chi connectivity index (χ1v) is 11.4. The monoisotopic (exact) mass is 429 g/mol. The molecule has 1 fully saturated rings. The molecule has 1 aromatic heterocycles. The molecule has 0 spiro atoms. The van der Waals surface area contributed by atoms with Gasteiger partial charge in [-0.2, -0.15) is 0 Å². The molecule has 1 saturated heterocycles. The van der Waals surface area contributed by atoms with Crippen molar-refractivity contribution in [3.63, 3.8) is 0 Å². The highest BCUT2D eigenvalue weighted by Gasteiger charge is 2.27. The lowest BCUT2D eigenvalue weighted by atomic mass is 9.97. The van der Waals surface area contributed by atoms with Crippen LogP contribution in [0.5, 0.6) is 0 Å². The smallest absolute Gasteiger partial charge is 0.232 e. The van der Waals surface area contributed by atoms with Gasteiger partial charge in [0.25, 0.3) is 0 Å². The van der Waals surface area contributed by atoms with Crippen molar-refractivity contribution in [1.82, 2.24) is 20.5 Å². The van der Waals surface area contributed by atoms with E-state index in [0.717, 1.165) is 41.7 Å². The molecule has 2 N–H and O–H groups in total. The van der Waals surface area contributed by atoms with E-state index in [1.54, 1.807) is 11.3 Å². The number of morpholine rings is 1. The van der Waals surface area contributed by atoms with E-state index >= 15 is 0 Å². The van der Waals surface area contributed by atoms with Crippen LogP contribution in [-0.2, 0) is 16.0 Å². The molecule has 1 aliphatic rings. The highest BCUT2D eigenvalue weighted by Crippen LogP contribution is 2.20. The highest BCUT2D eigenvalue weighted by molar-refractivity contribution is 7.09. The average molecular weight is 430 g/mol. The van der Waals surface area contributed by atoms with Crippen LogP contribution in [0.25, 0.3) is 0 Å². The van der Waals surface area contributed by atoms with Crippen LogP contribution < -0.4 is 10.6 Å². The van der Waals surface area contributed by atoms with Crippen molar-refractivity contribution in [1.29, 1.82) is 0 Å². The van der Waals surface area contributed by atoms with Crippen molar-refractivity contribution >= 4 is 23.2 Å². The van der Waals surface area contributed by atoms with Crippen LogP contribution in [0.1, 0.15) is 29.1 Å². The summed E-state index contributed by atoms with van der Waals surface area (Å²) in [6.45, 7) is 8.40. The second-order valence-corrected chi connectivity index (χ2v) is 8.22. The highest BCUT2D eigenvalue weighted by atomic mass is 32.1. The number of aliphatic imine (C=N–C) groups is 1. The first-order valence-electron chi connectivity index (χ1n) is 10.5. The minimum Gasteiger partial charge on any atom is -0.378 e. The average Bonchev–Trinajstić information content (AvgIpc) is 3.20. The van der Waals surface area contributed by atoms with E-state index in [-0.39, 0.29) is 11.8 Å². The number of guanidine groups is 1. The fourth-order valence-corrected chi connectivity index (χ4v) is 4.02. The van der Waals surface area contributed by atoms with Gasteiger partial charge in [0.1, 0.15) is 0 Å². The van der Waals surface area contributed by atoms with Crippen LogP contribution in [0.4, 0.5) is 0 Å². The molecule has 7 nitrogen and oxygen atoms in total. The Hall–Kier alpha value is -2.45. The number of aryl methyl sites for hydroxylation is 1. The fourth-order valence-electron chi connectivity index (χ4n) is 3.37. The number of hydrogen-bond donors (Lipinski definition) is 2. The maximum absolute atomic E-state index is 13.2. The molecular weight excluding hydrogens is 398 g/mol. The molecule has 0 radical (unpaired) electrons. The van der Waals surface area contributed by atoms with Gasteiger partial charge in [0, 0.05) is 38.0 Å². The molecule has 162 valence electrons. The zero-order valence-corrected chi connectivity index (χ0v) is 18.6. The maximum atomic E-state index is 13.2. The maximum Gasteiger partial charge on any atom is 0.232 e. The topological polar surface area (TPSA) is 78.9 Å². The third-order valence-corrected chi connectivity index (χ3v) is 5.76. The van der Waals surface area contributed by atoms with Crippen molar-refractivity contribution in [2.45, 2.75) is 26.2 Å². The first-order chi connectivity index (χ1) is 14.7. The largest absolute Gasteiger partial charge is 0.378 e. The Labute approximate surface area is 182 Å². The third-order valence-electron chi connectivity index (χ3n) is 4.94.